The summed E-state index contributed by atoms with van der Waals surface area (Å²) < 4.78 is 5.43. The van der Waals surface area contributed by atoms with Crippen LogP contribution in [0.4, 0.5) is 0 Å². The molecule has 0 radical (unpaired) electrons. The number of hydrogen-bond donors (Lipinski definition) is 2. The molecular formula is C31H50O4. The van der Waals surface area contributed by atoms with Crippen molar-refractivity contribution in [3.05, 3.63) is 11.6 Å². The number of carbonyl (C=O) groups excluding carboxylic acids is 1. The lowest BCUT2D eigenvalue weighted by Crippen LogP contribution is -2.65. The van der Waals surface area contributed by atoms with Gasteiger partial charge in [-0.05, 0) is 103 Å². The molecule has 0 spiro atoms. The quantitative estimate of drug-likeness (QED) is 0.337. The maximum atomic E-state index is 13.4. The van der Waals surface area contributed by atoms with Crippen LogP contribution in [0.3, 0.4) is 0 Å². The fourth-order valence-corrected chi connectivity index (χ4v) is 10.8. The van der Waals surface area contributed by atoms with E-state index in [1.807, 2.05) is 0 Å². The summed E-state index contributed by atoms with van der Waals surface area (Å²) in [6, 6.07) is 0. The van der Waals surface area contributed by atoms with Gasteiger partial charge in [0.2, 0.25) is 0 Å². The molecule has 4 saturated carbocycles. The van der Waals surface area contributed by atoms with Gasteiger partial charge in [0.1, 0.15) is 0 Å². The van der Waals surface area contributed by atoms with E-state index in [0.29, 0.717) is 18.3 Å². The van der Waals surface area contributed by atoms with Gasteiger partial charge < -0.3 is 14.9 Å². The van der Waals surface area contributed by atoms with Crippen LogP contribution in [-0.2, 0) is 9.53 Å². The van der Waals surface area contributed by atoms with Crippen LogP contribution in [0, 0.1) is 50.2 Å². The number of rotatable bonds is 1. The smallest absolute Gasteiger partial charge is 0.312 e. The summed E-state index contributed by atoms with van der Waals surface area (Å²) in [4.78, 5) is 13.4. The summed E-state index contributed by atoms with van der Waals surface area (Å²) in [6.07, 6.45) is 10.4. The molecule has 4 nitrogen and oxygen atoms in total. The molecule has 0 saturated heterocycles. The number of carbonyl (C=O) groups is 1. The summed E-state index contributed by atoms with van der Waals surface area (Å²) >= 11 is 0. The fraction of sp³-hybridized carbons (Fsp3) is 0.903. The van der Waals surface area contributed by atoms with Gasteiger partial charge in [0.15, 0.2) is 0 Å². The topological polar surface area (TPSA) is 66.8 Å². The van der Waals surface area contributed by atoms with Gasteiger partial charge in [0, 0.05) is 0 Å². The highest BCUT2D eigenvalue weighted by molar-refractivity contribution is 5.78. The van der Waals surface area contributed by atoms with Crippen molar-refractivity contribution in [2.24, 2.45) is 50.2 Å². The van der Waals surface area contributed by atoms with E-state index in [1.165, 1.54) is 25.5 Å². The zero-order chi connectivity index (χ0) is 25.8. The zero-order valence-electron chi connectivity index (χ0n) is 23.5. The number of aliphatic hydroxyl groups is 2. The number of hydrogen-bond acceptors (Lipinski definition) is 4. The second kappa shape index (κ2) is 7.59. The third-order valence-electron chi connectivity index (χ3n) is 13.4. The van der Waals surface area contributed by atoms with Gasteiger partial charge in [-0.3, -0.25) is 4.79 Å². The van der Waals surface area contributed by atoms with Crippen LogP contribution < -0.4 is 0 Å². The van der Waals surface area contributed by atoms with E-state index in [2.05, 4.69) is 54.5 Å². The number of allylic oxidation sites excluding steroid dienone is 2. The van der Waals surface area contributed by atoms with Gasteiger partial charge in [0.05, 0.1) is 24.7 Å². The van der Waals surface area contributed by atoms with E-state index >= 15 is 0 Å². The van der Waals surface area contributed by atoms with E-state index in [0.717, 1.165) is 38.5 Å². The minimum atomic E-state index is -0.601. The summed E-state index contributed by atoms with van der Waals surface area (Å²) in [5.41, 5.74) is 1.07. The lowest BCUT2D eigenvalue weighted by Gasteiger charge is -2.71. The summed E-state index contributed by atoms with van der Waals surface area (Å²) in [7, 11) is 1.52. The van der Waals surface area contributed by atoms with E-state index in [9.17, 15) is 15.0 Å². The van der Waals surface area contributed by atoms with Crippen LogP contribution in [0.1, 0.15) is 106 Å². The van der Waals surface area contributed by atoms with Crippen molar-refractivity contribution in [2.45, 2.75) is 118 Å². The van der Waals surface area contributed by atoms with Gasteiger partial charge in [-0.1, -0.05) is 60.1 Å². The fourth-order valence-electron chi connectivity index (χ4n) is 10.8. The molecule has 0 unspecified atom stereocenters. The molecule has 0 aliphatic heterocycles. The third-order valence-corrected chi connectivity index (χ3v) is 13.4. The van der Waals surface area contributed by atoms with Crippen molar-refractivity contribution in [3.63, 3.8) is 0 Å². The van der Waals surface area contributed by atoms with Crippen molar-refractivity contribution in [3.8, 4) is 0 Å². The first kappa shape index (κ1) is 25.8. The molecular weight excluding hydrogens is 436 g/mol. The number of esters is 1. The maximum Gasteiger partial charge on any atom is 0.312 e. The normalized spacial score (nSPS) is 52.2. The van der Waals surface area contributed by atoms with Crippen molar-refractivity contribution < 1.29 is 19.7 Å². The summed E-state index contributed by atoms with van der Waals surface area (Å²) in [5, 5.41) is 22.0. The Hall–Kier alpha value is -0.870. The highest BCUT2D eigenvalue weighted by Gasteiger charge is 2.70. The Balaban J connectivity index is 1.60. The van der Waals surface area contributed by atoms with Crippen molar-refractivity contribution in [2.75, 3.05) is 7.11 Å². The van der Waals surface area contributed by atoms with E-state index in [-0.39, 0.29) is 45.1 Å². The number of fused-ring (bicyclic) bond motifs is 7. The summed E-state index contributed by atoms with van der Waals surface area (Å²) in [6.45, 7) is 16.6. The Kier molecular flexibility index (Phi) is 5.59. The molecule has 0 amide bonds. The number of aliphatic hydroxyl groups excluding tert-OH is 2. The minimum Gasteiger partial charge on any atom is -0.469 e. The van der Waals surface area contributed by atoms with Crippen LogP contribution in [0.25, 0.3) is 0 Å². The summed E-state index contributed by atoms with van der Waals surface area (Å²) in [5.74, 6) is 1.14. The van der Waals surface area contributed by atoms with Crippen LogP contribution in [0.5, 0.6) is 0 Å². The highest BCUT2D eigenvalue weighted by Crippen LogP contribution is 2.75. The molecule has 0 aromatic rings. The Morgan fingerprint density at radius 1 is 0.886 bits per heavy atom. The predicted molar refractivity (Wildman–Crippen MR) is 138 cm³/mol. The molecule has 198 valence electrons. The van der Waals surface area contributed by atoms with Gasteiger partial charge in [-0.25, -0.2) is 0 Å². The molecule has 35 heavy (non-hydrogen) atoms. The van der Waals surface area contributed by atoms with Gasteiger partial charge >= 0.3 is 5.97 Å². The molecule has 0 aromatic heterocycles. The molecule has 0 aromatic carbocycles. The monoisotopic (exact) mass is 486 g/mol. The van der Waals surface area contributed by atoms with Crippen LogP contribution in [0.2, 0.25) is 0 Å². The number of methoxy groups -OCH3 is 1. The lowest BCUT2D eigenvalue weighted by atomic mass is 9.33. The molecule has 5 aliphatic rings. The predicted octanol–water partition coefficient (Wildman–Crippen LogP) is 6.29. The zero-order valence-corrected chi connectivity index (χ0v) is 23.5. The Morgan fingerprint density at radius 3 is 2.23 bits per heavy atom. The molecule has 0 bridgehead atoms. The SMILES string of the molecule is COC(=O)[C@@]12CC[C@]3(C)C(=CC[C@@H]4[C@]5(C)CC[C@H](O)C(C)(C)[C@@H]5CC[C@]43C)[C@H]1CC(C)(C)[C@H](O)C2. The van der Waals surface area contributed by atoms with E-state index in [1.54, 1.807) is 0 Å². The maximum absolute atomic E-state index is 13.4. The van der Waals surface area contributed by atoms with Crippen molar-refractivity contribution in [1.82, 2.24) is 0 Å². The first-order valence-corrected chi connectivity index (χ1v) is 14.3. The van der Waals surface area contributed by atoms with Crippen LogP contribution in [0.15, 0.2) is 11.6 Å². The van der Waals surface area contributed by atoms with Crippen molar-refractivity contribution >= 4 is 5.97 Å². The second-order valence-corrected chi connectivity index (χ2v) is 15.3. The average Bonchev–Trinajstić information content (AvgIpc) is 2.77. The second-order valence-electron chi connectivity index (χ2n) is 15.3. The van der Waals surface area contributed by atoms with Gasteiger partial charge in [-0.15, -0.1) is 0 Å². The molecule has 4 heteroatoms. The van der Waals surface area contributed by atoms with E-state index < -0.39 is 11.5 Å². The largest absolute Gasteiger partial charge is 0.469 e. The minimum absolute atomic E-state index is 0.0463. The molecule has 0 heterocycles. The molecule has 5 rings (SSSR count). The molecule has 5 aliphatic carbocycles. The molecule has 9 atom stereocenters. The highest BCUT2D eigenvalue weighted by atomic mass is 16.5. The number of ether oxygens (including phenoxy) is 1. The van der Waals surface area contributed by atoms with Gasteiger partial charge in [0.25, 0.3) is 0 Å². The average molecular weight is 487 g/mol. The Bertz CT molecular complexity index is 934. The molecule has 2 N–H and O–H groups in total. The first-order chi connectivity index (χ1) is 16.1. The third kappa shape index (κ3) is 3.08. The first-order valence-electron chi connectivity index (χ1n) is 14.3. The molecule has 4 fully saturated rings. The van der Waals surface area contributed by atoms with Crippen molar-refractivity contribution in [1.29, 1.82) is 0 Å². The van der Waals surface area contributed by atoms with Crippen LogP contribution in [-0.4, -0.2) is 35.5 Å². The standard InChI is InChI=1S/C31H50O4/c1-26(2)17-20-19-9-10-22-28(5)13-12-23(32)27(3,4)21(28)11-14-30(22,7)29(19,6)15-16-31(20,18-24(26)33)25(34)35-8/h9,20-24,32-33H,10-18H2,1-8H3/t20-,21+,22-,23+,24-,28-,29-,30-,31-/m1/s1. The Labute approximate surface area is 213 Å². The van der Waals surface area contributed by atoms with E-state index in [4.69, 9.17) is 4.74 Å². The van der Waals surface area contributed by atoms with Crippen LogP contribution >= 0.6 is 0 Å². The lowest BCUT2D eigenvalue weighted by molar-refractivity contribution is -0.209. The van der Waals surface area contributed by atoms with Gasteiger partial charge in [-0.2, -0.15) is 0 Å². The Morgan fingerprint density at radius 2 is 1.57 bits per heavy atom.